The minimum absolute atomic E-state index is 0.242. The van der Waals surface area contributed by atoms with Gasteiger partial charge >= 0.3 is 0 Å². The Balaban J connectivity index is 2.58. The molecule has 0 fully saturated rings. The number of nitrogens with zero attached hydrogens (tertiary/aromatic N) is 1. The van der Waals surface area contributed by atoms with Crippen molar-refractivity contribution in [2.45, 2.75) is 26.3 Å². The van der Waals surface area contributed by atoms with E-state index in [1.807, 2.05) is 10.6 Å². The number of unbranched alkanes of at least 4 members (excludes halogenated alkanes) is 1. The van der Waals surface area contributed by atoms with Crippen LogP contribution in [0.2, 0.25) is 0 Å². The molecule has 2 aromatic rings. The number of hydrogen-bond acceptors (Lipinski definition) is 1. The van der Waals surface area contributed by atoms with Gasteiger partial charge in [0.2, 0.25) is 0 Å². The molecule has 0 bridgehead atoms. The van der Waals surface area contributed by atoms with E-state index in [0.29, 0.717) is 10.3 Å². The highest BCUT2D eigenvalue weighted by Crippen LogP contribution is 2.17. The summed E-state index contributed by atoms with van der Waals surface area (Å²) in [5.74, 6) is -0.242. The third-order valence-corrected chi connectivity index (χ3v) is 2.82. The molecule has 0 saturated carbocycles. The Labute approximate surface area is 92.7 Å². The molecule has 1 aromatic heterocycles. The number of nitrogens with one attached hydrogen (secondary N) is 1. The lowest BCUT2D eigenvalue weighted by Gasteiger charge is -2.02. The molecule has 4 heteroatoms. The summed E-state index contributed by atoms with van der Waals surface area (Å²) in [6, 6.07) is 5.04. The smallest absolute Gasteiger partial charge is 0.178 e. The zero-order valence-corrected chi connectivity index (χ0v) is 9.40. The van der Waals surface area contributed by atoms with Crippen LogP contribution in [-0.2, 0) is 6.54 Å². The van der Waals surface area contributed by atoms with E-state index in [2.05, 4.69) is 11.9 Å². The molecule has 0 atom stereocenters. The van der Waals surface area contributed by atoms with E-state index in [1.54, 1.807) is 6.07 Å². The first-order chi connectivity index (χ1) is 7.24. The first-order valence-electron chi connectivity index (χ1n) is 5.11. The summed E-state index contributed by atoms with van der Waals surface area (Å²) in [5.41, 5.74) is 1.37. The van der Waals surface area contributed by atoms with Crippen molar-refractivity contribution in [1.82, 2.24) is 9.55 Å². The Morgan fingerprint density at radius 2 is 2.27 bits per heavy atom. The van der Waals surface area contributed by atoms with E-state index >= 15 is 0 Å². The highest BCUT2D eigenvalue weighted by atomic mass is 32.1. The number of benzene rings is 1. The molecule has 1 aromatic carbocycles. The number of aromatic amines is 1. The second kappa shape index (κ2) is 4.14. The van der Waals surface area contributed by atoms with Crippen molar-refractivity contribution in [3.63, 3.8) is 0 Å². The van der Waals surface area contributed by atoms with Crippen LogP contribution in [0, 0.1) is 10.6 Å². The second-order valence-corrected chi connectivity index (χ2v) is 3.96. The zero-order chi connectivity index (χ0) is 10.8. The van der Waals surface area contributed by atoms with Crippen molar-refractivity contribution in [1.29, 1.82) is 0 Å². The Morgan fingerprint density at radius 3 is 3.00 bits per heavy atom. The molecule has 80 valence electrons. The maximum Gasteiger partial charge on any atom is 0.178 e. The standard InChI is InChI=1S/C11H13FN2S/c1-2-3-7-14-9-6-4-5-8(12)10(9)13-11(14)15/h4-6H,2-3,7H2,1H3,(H,13,15). The van der Waals surface area contributed by atoms with Gasteiger partial charge in [-0.2, -0.15) is 0 Å². The van der Waals surface area contributed by atoms with Crippen LogP contribution in [0.4, 0.5) is 4.39 Å². The van der Waals surface area contributed by atoms with Crippen molar-refractivity contribution in [2.75, 3.05) is 0 Å². The number of hydrogen-bond donors (Lipinski definition) is 1. The van der Waals surface area contributed by atoms with Crippen LogP contribution >= 0.6 is 12.2 Å². The lowest BCUT2D eigenvalue weighted by molar-refractivity contribution is 0.635. The van der Waals surface area contributed by atoms with Gasteiger partial charge in [0.1, 0.15) is 11.3 Å². The monoisotopic (exact) mass is 224 g/mol. The van der Waals surface area contributed by atoms with Crippen LogP contribution < -0.4 is 0 Å². The minimum Gasteiger partial charge on any atom is -0.328 e. The molecule has 1 heterocycles. The number of para-hydroxylation sites is 1. The largest absolute Gasteiger partial charge is 0.328 e. The fraction of sp³-hybridized carbons (Fsp3) is 0.364. The molecule has 0 spiro atoms. The molecular formula is C11H13FN2S. The molecule has 0 unspecified atom stereocenters. The van der Waals surface area contributed by atoms with Crippen LogP contribution in [0.5, 0.6) is 0 Å². The maximum atomic E-state index is 13.4. The first-order valence-corrected chi connectivity index (χ1v) is 5.52. The molecule has 0 saturated heterocycles. The lowest BCUT2D eigenvalue weighted by Crippen LogP contribution is -1.97. The van der Waals surface area contributed by atoms with Gasteiger partial charge in [-0.15, -0.1) is 0 Å². The van der Waals surface area contributed by atoms with E-state index in [0.717, 1.165) is 24.9 Å². The third-order valence-electron chi connectivity index (χ3n) is 2.49. The summed E-state index contributed by atoms with van der Waals surface area (Å²) in [5, 5.41) is 0. The minimum atomic E-state index is -0.242. The topological polar surface area (TPSA) is 20.7 Å². The molecular weight excluding hydrogens is 211 g/mol. The molecule has 0 radical (unpaired) electrons. The van der Waals surface area contributed by atoms with Gasteiger partial charge in [-0.1, -0.05) is 19.4 Å². The summed E-state index contributed by atoms with van der Waals surface area (Å²) in [4.78, 5) is 2.91. The first kappa shape index (κ1) is 10.4. The normalized spacial score (nSPS) is 11.1. The van der Waals surface area contributed by atoms with Gasteiger partial charge in [0.15, 0.2) is 4.77 Å². The lowest BCUT2D eigenvalue weighted by atomic mass is 10.3. The van der Waals surface area contributed by atoms with Gasteiger partial charge in [0, 0.05) is 6.54 Å². The fourth-order valence-corrected chi connectivity index (χ4v) is 1.98. The van der Waals surface area contributed by atoms with Crippen molar-refractivity contribution >= 4 is 23.3 Å². The number of aryl methyl sites for hydroxylation is 1. The summed E-state index contributed by atoms with van der Waals surface area (Å²) in [6.07, 6.45) is 2.15. The number of fused-ring (bicyclic) bond motifs is 1. The van der Waals surface area contributed by atoms with Gasteiger partial charge in [0.25, 0.3) is 0 Å². The van der Waals surface area contributed by atoms with Gasteiger partial charge in [-0.05, 0) is 30.8 Å². The Hall–Kier alpha value is -1.16. The predicted octanol–water partition coefficient (Wildman–Crippen LogP) is 3.64. The van der Waals surface area contributed by atoms with E-state index < -0.39 is 0 Å². The summed E-state index contributed by atoms with van der Waals surface area (Å²) < 4.78 is 16.0. The SMILES string of the molecule is CCCCn1c(=S)[nH]c2c(F)cccc21. The average Bonchev–Trinajstić information content (AvgIpc) is 2.54. The zero-order valence-electron chi connectivity index (χ0n) is 8.59. The number of H-pyrrole nitrogens is 1. The number of aromatic nitrogens is 2. The van der Waals surface area contributed by atoms with E-state index in [-0.39, 0.29) is 5.82 Å². The highest BCUT2D eigenvalue weighted by Gasteiger charge is 2.06. The van der Waals surface area contributed by atoms with Crippen LogP contribution in [0.15, 0.2) is 18.2 Å². The molecule has 2 rings (SSSR count). The van der Waals surface area contributed by atoms with Gasteiger partial charge in [-0.3, -0.25) is 0 Å². The van der Waals surface area contributed by atoms with Gasteiger partial charge < -0.3 is 9.55 Å². The average molecular weight is 224 g/mol. The number of halogens is 1. The van der Waals surface area contributed by atoms with Gasteiger partial charge in [-0.25, -0.2) is 4.39 Å². The molecule has 0 aliphatic rings. The highest BCUT2D eigenvalue weighted by molar-refractivity contribution is 7.71. The summed E-state index contributed by atoms with van der Waals surface area (Å²) >= 11 is 5.17. The number of imidazole rings is 1. The Morgan fingerprint density at radius 1 is 1.47 bits per heavy atom. The summed E-state index contributed by atoms with van der Waals surface area (Å²) in [6.45, 7) is 2.97. The molecule has 0 amide bonds. The molecule has 0 aliphatic heterocycles. The second-order valence-electron chi connectivity index (χ2n) is 3.57. The van der Waals surface area contributed by atoms with Crippen LogP contribution in [0.25, 0.3) is 11.0 Å². The molecule has 2 nitrogen and oxygen atoms in total. The van der Waals surface area contributed by atoms with Crippen LogP contribution in [0.1, 0.15) is 19.8 Å². The van der Waals surface area contributed by atoms with Crippen molar-refractivity contribution in [3.05, 3.63) is 28.8 Å². The quantitative estimate of drug-likeness (QED) is 0.789. The molecule has 0 aliphatic carbocycles. The third kappa shape index (κ3) is 1.81. The maximum absolute atomic E-state index is 13.4. The Kier molecular flexibility index (Phi) is 2.86. The summed E-state index contributed by atoms with van der Waals surface area (Å²) in [7, 11) is 0. The number of rotatable bonds is 3. The van der Waals surface area contributed by atoms with Crippen molar-refractivity contribution < 1.29 is 4.39 Å². The van der Waals surface area contributed by atoms with Crippen LogP contribution in [-0.4, -0.2) is 9.55 Å². The Bertz CT molecular complexity index is 527. The van der Waals surface area contributed by atoms with E-state index in [9.17, 15) is 4.39 Å². The fourth-order valence-electron chi connectivity index (χ4n) is 1.68. The van der Waals surface area contributed by atoms with Crippen molar-refractivity contribution in [3.8, 4) is 0 Å². The van der Waals surface area contributed by atoms with E-state index in [4.69, 9.17) is 12.2 Å². The van der Waals surface area contributed by atoms with Gasteiger partial charge in [0.05, 0.1) is 5.52 Å². The van der Waals surface area contributed by atoms with Crippen molar-refractivity contribution in [2.24, 2.45) is 0 Å². The molecule has 15 heavy (non-hydrogen) atoms. The predicted molar refractivity (Wildman–Crippen MR) is 62.0 cm³/mol. The van der Waals surface area contributed by atoms with Crippen LogP contribution in [0.3, 0.4) is 0 Å². The molecule has 1 N–H and O–H groups in total. The van der Waals surface area contributed by atoms with E-state index in [1.165, 1.54) is 6.07 Å².